The smallest absolute Gasteiger partial charge is 0.334 e. The van der Waals surface area contributed by atoms with Gasteiger partial charge in [0.05, 0.1) is 9.40 Å². The van der Waals surface area contributed by atoms with E-state index in [0.717, 1.165) is 0 Å². The molecule has 0 saturated heterocycles. The Balaban J connectivity index is 2.40. The highest BCUT2D eigenvalue weighted by atomic mass is 79.9. The largest absolute Gasteiger partial charge is 0.450 e. The van der Waals surface area contributed by atoms with Crippen LogP contribution in [0.3, 0.4) is 0 Å². The van der Waals surface area contributed by atoms with Crippen LogP contribution in [0.4, 0.5) is 15.8 Å². The van der Waals surface area contributed by atoms with Crippen molar-refractivity contribution in [1.82, 2.24) is 0 Å². The number of nitrogens with two attached hydrogens (primary N) is 1. The molecule has 0 unspecified atom stereocenters. The number of nitro benzene ring substituents is 1. The van der Waals surface area contributed by atoms with Crippen molar-refractivity contribution in [2.24, 2.45) is 0 Å². The van der Waals surface area contributed by atoms with Gasteiger partial charge in [0.25, 0.3) is 0 Å². The Morgan fingerprint density at radius 3 is 2.68 bits per heavy atom. The van der Waals surface area contributed by atoms with Gasteiger partial charge in [-0.15, -0.1) is 0 Å². The van der Waals surface area contributed by atoms with Crippen LogP contribution in [-0.4, -0.2) is 4.92 Å². The first-order valence-corrected chi connectivity index (χ1v) is 5.94. The van der Waals surface area contributed by atoms with Crippen LogP contribution in [0.5, 0.6) is 11.5 Å². The summed E-state index contributed by atoms with van der Waals surface area (Å²) in [7, 11) is 0. The number of rotatable bonds is 3. The van der Waals surface area contributed by atoms with Gasteiger partial charge in [-0.05, 0) is 46.3 Å². The van der Waals surface area contributed by atoms with Crippen molar-refractivity contribution < 1.29 is 14.1 Å². The molecule has 0 aromatic heterocycles. The van der Waals surface area contributed by atoms with E-state index in [9.17, 15) is 14.5 Å². The zero-order valence-electron chi connectivity index (χ0n) is 9.47. The normalized spacial score (nSPS) is 10.2. The average molecular weight is 327 g/mol. The molecule has 2 N–H and O–H groups in total. The van der Waals surface area contributed by atoms with E-state index < -0.39 is 10.7 Å². The lowest BCUT2D eigenvalue weighted by Gasteiger charge is -2.08. The van der Waals surface area contributed by atoms with Crippen molar-refractivity contribution in [1.29, 1.82) is 0 Å². The van der Waals surface area contributed by atoms with Crippen LogP contribution in [0.2, 0.25) is 0 Å². The van der Waals surface area contributed by atoms with Gasteiger partial charge in [0.1, 0.15) is 17.3 Å². The zero-order valence-corrected chi connectivity index (χ0v) is 11.1. The maximum atomic E-state index is 13.1. The number of nitrogens with zero attached hydrogens (tertiary/aromatic N) is 1. The van der Waals surface area contributed by atoms with Crippen molar-refractivity contribution >= 4 is 27.3 Å². The van der Waals surface area contributed by atoms with E-state index in [1.807, 2.05) is 0 Å². The lowest BCUT2D eigenvalue weighted by molar-refractivity contribution is -0.384. The molecule has 19 heavy (non-hydrogen) atoms. The number of hydrogen-bond donors (Lipinski definition) is 1. The Bertz CT molecular complexity index is 649. The van der Waals surface area contributed by atoms with Crippen LogP contribution in [0.15, 0.2) is 40.9 Å². The van der Waals surface area contributed by atoms with Crippen LogP contribution in [0, 0.1) is 15.9 Å². The minimum Gasteiger partial charge on any atom is -0.450 e. The molecule has 0 atom stereocenters. The molecular formula is C12H8BrFN2O3. The summed E-state index contributed by atoms with van der Waals surface area (Å²) >= 11 is 3.01. The summed E-state index contributed by atoms with van der Waals surface area (Å²) in [5, 5.41) is 10.9. The van der Waals surface area contributed by atoms with Crippen LogP contribution >= 0.6 is 15.9 Å². The third-order valence-corrected chi connectivity index (χ3v) is 2.94. The SMILES string of the molecule is Nc1cccc(Oc2ccc(F)c(Br)c2)c1[N+](=O)[O-]. The predicted octanol–water partition coefficient (Wildman–Crippen LogP) is 3.87. The average Bonchev–Trinajstić information content (AvgIpc) is 2.33. The third-order valence-electron chi connectivity index (χ3n) is 2.33. The summed E-state index contributed by atoms with van der Waals surface area (Å²) in [6.45, 7) is 0. The molecule has 2 aromatic carbocycles. The summed E-state index contributed by atoms with van der Waals surface area (Å²) in [6.07, 6.45) is 0. The van der Waals surface area contributed by atoms with E-state index in [1.165, 1.54) is 36.4 Å². The predicted molar refractivity (Wildman–Crippen MR) is 71.7 cm³/mol. The van der Waals surface area contributed by atoms with Gasteiger partial charge in [-0.3, -0.25) is 10.1 Å². The van der Waals surface area contributed by atoms with Gasteiger partial charge in [0.15, 0.2) is 0 Å². The minimum atomic E-state index is -0.622. The lowest BCUT2D eigenvalue weighted by atomic mass is 10.2. The number of hydrogen-bond acceptors (Lipinski definition) is 4. The molecule has 0 fully saturated rings. The fourth-order valence-corrected chi connectivity index (χ4v) is 1.84. The molecule has 0 aliphatic heterocycles. The fraction of sp³-hybridized carbons (Fsp3) is 0. The van der Waals surface area contributed by atoms with Crippen LogP contribution < -0.4 is 10.5 Å². The number of ether oxygens (including phenoxy) is 1. The molecule has 0 bridgehead atoms. The molecule has 2 aromatic rings. The first-order valence-electron chi connectivity index (χ1n) is 5.15. The molecule has 0 aliphatic rings. The quantitative estimate of drug-likeness (QED) is 0.527. The molecule has 0 spiro atoms. The molecule has 0 amide bonds. The number of nitrogen functional groups attached to an aromatic ring is 1. The molecular weight excluding hydrogens is 319 g/mol. The maximum absolute atomic E-state index is 13.1. The monoisotopic (exact) mass is 326 g/mol. The van der Waals surface area contributed by atoms with Gasteiger partial charge >= 0.3 is 5.69 Å². The molecule has 0 aliphatic carbocycles. The number of halogens is 2. The molecule has 0 saturated carbocycles. The topological polar surface area (TPSA) is 78.4 Å². The Labute approximate surface area is 116 Å². The molecule has 0 radical (unpaired) electrons. The van der Waals surface area contributed by atoms with Gasteiger partial charge < -0.3 is 10.5 Å². The van der Waals surface area contributed by atoms with Gasteiger partial charge in [-0.2, -0.15) is 0 Å². The maximum Gasteiger partial charge on any atom is 0.334 e. The van der Waals surface area contributed by atoms with E-state index in [0.29, 0.717) is 0 Å². The Hall–Kier alpha value is -2.15. The second kappa shape index (κ2) is 5.23. The minimum absolute atomic E-state index is 0.00325. The van der Waals surface area contributed by atoms with Crippen LogP contribution in [-0.2, 0) is 0 Å². The highest BCUT2D eigenvalue weighted by molar-refractivity contribution is 9.10. The number of nitro groups is 1. The van der Waals surface area contributed by atoms with Gasteiger partial charge in [0, 0.05) is 0 Å². The van der Waals surface area contributed by atoms with Crippen molar-refractivity contribution in [3.05, 3.63) is 56.8 Å². The van der Waals surface area contributed by atoms with E-state index in [-0.39, 0.29) is 27.3 Å². The molecule has 7 heteroatoms. The lowest BCUT2D eigenvalue weighted by Crippen LogP contribution is -1.98. The molecule has 0 heterocycles. The summed E-state index contributed by atoms with van der Waals surface area (Å²) in [5.41, 5.74) is 5.23. The number of anilines is 1. The van der Waals surface area contributed by atoms with Crippen LogP contribution in [0.1, 0.15) is 0 Å². The van der Waals surface area contributed by atoms with Gasteiger partial charge in [0.2, 0.25) is 5.75 Å². The van der Waals surface area contributed by atoms with E-state index in [4.69, 9.17) is 10.5 Å². The van der Waals surface area contributed by atoms with E-state index in [1.54, 1.807) is 0 Å². The van der Waals surface area contributed by atoms with Gasteiger partial charge in [-0.25, -0.2) is 4.39 Å². The zero-order chi connectivity index (χ0) is 14.0. The summed E-state index contributed by atoms with van der Waals surface area (Å²) in [5.74, 6) is -0.181. The molecule has 5 nitrogen and oxygen atoms in total. The van der Waals surface area contributed by atoms with Crippen molar-refractivity contribution in [3.63, 3.8) is 0 Å². The summed E-state index contributed by atoms with van der Waals surface area (Å²) in [6, 6.07) is 8.31. The van der Waals surface area contributed by atoms with Crippen molar-refractivity contribution in [2.75, 3.05) is 5.73 Å². The van der Waals surface area contributed by atoms with Crippen molar-refractivity contribution in [3.8, 4) is 11.5 Å². The van der Waals surface area contributed by atoms with E-state index in [2.05, 4.69) is 15.9 Å². The highest BCUT2D eigenvalue weighted by Crippen LogP contribution is 2.36. The first-order chi connectivity index (χ1) is 8.99. The van der Waals surface area contributed by atoms with Crippen molar-refractivity contribution in [2.45, 2.75) is 0 Å². The van der Waals surface area contributed by atoms with E-state index >= 15 is 0 Å². The fourth-order valence-electron chi connectivity index (χ4n) is 1.48. The summed E-state index contributed by atoms with van der Waals surface area (Å²) < 4.78 is 18.7. The second-order valence-electron chi connectivity index (χ2n) is 3.63. The van der Waals surface area contributed by atoms with Gasteiger partial charge in [-0.1, -0.05) is 6.07 Å². The second-order valence-corrected chi connectivity index (χ2v) is 4.48. The first kappa shape index (κ1) is 13.3. The standard InChI is InChI=1S/C12H8BrFN2O3/c13-8-6-7(4-5-9(8)14)19-11-3-1-2-10(15)12(11)16(17)18/h1-6H,15H2. The number of benzene rings is 2. The Morgan fingerprint density at radius 1 is 1.32 bits per heavy atom. The Morgan fingerprint density at radius 2 is 2.05 bits per heavy atom. The number of para-hydroxylation sites is 1. The molecule has 2 rings (SSSR count). The highest BCUT2D eigenvalue weighted by Gasteiger charge is 2.19. The van der Waals surface area contributed by atoms with Crippen LogP contribution in [0.25, 0.3) is 0 Å². The summed E-state index contributed by atoms with van der Waals surface area (Å²) in [4.78, 5) is 10.3. The molecule has 98 valence electrons. The third kappa shape index (κ3) is 2.82. The Kier molecular flexibility index (Phi) is 3.66.